The second-order valence-corrected chi connectivity index (χ2v) is 8.01. The molecule has 6 heteroatoms. The predicted molar refractivity (Wildman–Crippen MR) is 106 cm³/mol. The molecule has 1 aliphatic heterocycles. The van der Waals surface area contributed by atoms with Gasteiger partial charge in [-0.3, -0.25) is 9.59 Å². The van der Waals surface area contributed by atoms with Crippen molar-refractivity contribution in [1.29, 1.82) is 0 Å². The van der Waals surface area contributed by atoms with E-state index in [1.807, 2.05) is 13.0 Å². The Morgan fingerprint density at radius 2 is 1.75 bits per heavy atom. The maximum Gasteiger partial charge on any atom is 0.203 e. The van der Waals surface area contributed by atoms with Crippen molar-refractivity contribution in [3.05, 3.63) is 40.2 Å². The van der Waals surface area contributed by atoms with Crippen molar-refractivity contribution in [2.75, 3.05) is 21.3 Å². The summed E-state index contributed by atoms with van der Waals surface area (Å²) in [7, 11) is 4.63. The highest BCUT2D eigenvalue weighted by Crippen LogP contribution is 2.51. The van der Waals surface area contributed by atoms with Crippen LogP contribution in [-0.2, 0) is 9.59 Å². The summed E-state index contributed by atoms with van der Waals surface area (Å²) in [6, 6.07) is 3.61. The van der Waals surface area contributed by atoms with Gasteiger partial charge in [0.1, 0.15) is 6.29 Å². The molecule has 0 radical (unpaired) electrons. The Bertz CT molecular complexity index is 894. The zero-order chi connectivity index (χ0) is 20.6. The van der Waals surface area contributed by atoms with E-state index in [2.05, 4.69) is 19.2 Å². The quantitative estimate of drug-likeness (QED) is 0.782. The van der Waals surface area contributed by atoms with Crippen LogP contribution in [0.25, 0.3) is 0 Å². The second-order valence-electron chi connectivity index (χ2n) is 8.01. The monoisotopic (exact) mass is 385 g/mol. The number of methoxy groups -OCH3 is 3. The lowest BCUT2D eigenvalue weighted by molar-refractivity contribution is -0.118. The van der Waals surface area contributed by atoms with E-state index >= 15 is 0 Å². The first-order valence-electron chi connectivity index (χ1n) is 9.26. The van der Waals surface area contributed by atoms with Gasteiger partial charge in [-0.1, -0.05) is 19.9 Å². The third kappa shape index (κ3) is 3.17. The number of hydrogen-bond acceptors (Lipinski definition) is 6. The van der Waals surface area contributed by atoms with Gasteiger partial charge in [-0.05, 0) is 24.8 Å². The molecule has 2 aliphatic rings. The highest BCUT2D eigenvalue weighted by atomic mass is 16.5. The fourth-order valence-electron chi connectivity index (χ4n) is 4.28. The number of nitrogens with one attached hydrogen (secondary N) is 1. The summed E-state index contributed by atoms with van der Waals surface area (Å²) in [6.45, 7) is 6.02. The van der Waals surface area contributed by atoms with E-state index in [9.17, 15) is 9.59 Å². The zero-order valence-corrected chi connectivity index (χ0v) is 17.3. The van der Waals surface area contributed by atoms with Gasteiger partial charge in [-0.2, -0.15) is 0 Å². The van der Waals surface area contributed by atoms with Crippen LogP contribution in [0.4, 0.5) is 0 Å². The van der Waals surface area contributed by atoms with Crippen LogP contribution >= 0.6 is 0 Å². The van der Waals surface area contributed by atoms with E-state index in [1.165, 1.54) is 7.11 Å². The van der Waals surface area contributed by atoms with Crippen molar-refractivity contribution in [2.24, 2.45) is 5.41 Å². The Hall–Kier alpha value is -2.76. The maximum absolute atomic E-state index is 13.1. The van der Waals surface area contributed by atoms with Gasteiger partial charge in [0.05, 0.1) is 21.3 Å². The lowest BCUT2D eigenvalue weighted by Crippen LogP contribution is -2.37. The number of carbonyl (C=O) groups is 2. The summed E-state index contributed by atoms with van der Waals surface area (Å²) in [6.07, 6.45) is 1.99. The van der Waals surface area contributed by atoms with Crippen LogP contribution in [0.3, 0.4) is 0 Å². The van der Waals surface area contributed by atoms with Crippen molar-refractivity contribution < 1.29 is 23.8 Å². The van der Waals surface area contributed by atoms with Gasteiger partial charge >= 0.3 is 0 Å². The number of benzene rings is 1. The largest absolute Gasteiger partial charge is 0.493 e. The number of hydrogen-bond donors (Lipinski definition) is 1. The molecule has 6 nitrogen and oxygen atoms in total. The van der Waals surface area contributed by atoms with Gasteiger partial charge < -0.3 is 19.5 Å². The minimum Gasteiger partial charge on any atom is -0.493 e. The molecular formula is C22H27NO5. The molecule has 1 unspecified atom stereocenters. The molecule has 1 aromatic carbocycles. The lowest BCUT2D eigenvalue weighted by Gasteiger charge is -2.39. The number of ketones is 1. The number of ether oxygens (including phenoxy) is 3. The van der Waals surface area contributed by atoms with E-state index in [0.29, 0.717) is 40.4 Å². The Morgan fingerprint density at radius 1 is 1.07 bits per heavy atom. The number of rotatable bonds is 5. The molecule has 3 rings (SSSR count). The fourth-order valence-corrected chi connectivity index (χ4v) is 4.28. The van der Waals surface area contributed by atoms with Gasteiger partial charge in [-0.15, -0.1) is 0 Å². The zero-order valence-electron chi connectivity index (χ0n) is 17.3. The molecule has 150 valence electrons. The van der Waals surface area contributed by atoms with E-state index in [4.69, 9.17) is 14.2 Å². The van der Waals surface area contributed by atoms with Crippen LogP contribution in [0.15, 0.2) is 34.7 Å². The number of Topliss-reactive ketones (excluding diaryl/α,β-unsaturated/α-hetero) is 1. The summed E-state index contributed by atoms with van der Waals surface area (Å²) >= 11 is 0. The number of dihydropyridines is 1. The molecule has 0 spiro atoms. The molecule has 0 amide bonds. The van der Waals surface area contributed by atoms with Crippen molar-refractivity contribution >= 4 is 12.1 Å². The SMILES string of the molecule is COc1ccc(C2C(C=O)=C(C)NC3=C2C(=O)CC(C)(C)C3)c(OC)c1OC. The van der Waals surface area contributed by atoms with E-state index in [1.54, 1.807) is 20.3 Å². The molecule has 28 heavy (non-hydrogen) atoms. The van der Waals surface area contributed by atoms with Crippen molar-refractivity contribution in [3.8, 4) is 17.2 Å². The topological polar surface area (TPSA) is 73.9 Å². The summed E-state index contributed by atoms with van der Waals surface area (Å²) in [5.74, 6) is 0.968. The number of carbonyl (C=O) groups excluding carboxylic acids is 2. The Balaban J connectivity index is 2.28. The lowest BCUT2D eigenvalue weighted by atomic mass is 9.68. The normalized spacial score (nSPS) is 21.1. The van der Waals surface area contributed by atoms with E-state index in [0.717, 1.165) is 24.1 Å². The maximum atomic E-state index is 13.1. The average molecular weight is 385 g/mol. The standard InChI is InChI=1S/C22H27NO5/c1-12-14(11-24)18(19-15(23-12)9-22(2,3)10-16(19)25)13-7-8-17(26-4)21(28-6)20(13)27-5/h7-8,11,18,23H,9-10H2,1-6H3. The first-order chi connectivity index (χ1) is 13.3. The van der Waals surface area contributed by atoms with Gasteiger partial charge in [0, 0.05) is 40.4 Å². The minimum atomic E-state index is -0.507. The van der Waals surface area contributed by atoms with Crippen LogP contribution in [0.1, 0.15) is 45.1 Å². The Morgan fingerprint density at radius 3 is 2.32 bits per heavy atom. The van der Waals surface area contributed by atoms with Crippen molar-refractivity contribution in [3.63, 3.8) is 0 Å². The average Bonchev–Trinajstić information content (AvgIpc) is 2.64. The third-order valence-corrected chi connectivity index (χ3v) is 5.46. The molecule has 0 fully saturated rings. The molecule has 1 atom stereocenters. The van der Waals surface area contributed by atoms with Crippen LogP contribution in [0.5, 0.6) is 17.2 Å². The van der Waals surface area contributed by atoms with Gasteiger partial charge in [-0.25, -0.2) is 0 Å². The van der Waals surface area contributed by atoms with E-state index < -0.39 is 5.92 Å². The molecule has 0 bridgehead atoms. The first-order valence-corrected chi connectivity index (χ1v) is 9.26. The van der Waals surface area contributed by atoms with Crippen LogP contribution in [-0.4, -0.2) is 33.4 Å². The predicted octanol–water partition coefficient (Wildman–Crippen LogP) is 3.52. The molecule has 1 aliphatic carbocycles. The second kappa shape index (κ2) is 7.34. The first kappa shape index (κ1) is 20.0. The van der Waals surface area contributed by atoms with Crippen molar-refractivity contribution in [1.82, 2.24) is 5.32 Å². The summed E-state index contributed by atoms with van der Waals surface area (Å²) < 4.78 is 16.5. The molecule has 1 aromatic rings. The molecule has 0 saturated carbocycles. The minimum absolute atomic E-state index is 0.0486. The van der Waals surface area contributed by atoms with Gasteiger partial charge in [0.25, 0.3) is 0 Å². The molecular weight excluding hydrogens is 358 g/mol. The van der Waals surface area contributed by atoms with Crippen LogP contribution in [0, 0.1) is 5.41 Å². The molecule has 1 N–H and O–H groups in total. The highest BCUT2D eigenvalue weighted by molar-refractivity contribution is 6.02. The summed E-state index contributed by atoms with van der Waals surface area (Å²) in [5, 5.41) is 3.30. The summed E-state index contributed by atoms with van der Waals surface area (Å²) in [4.78, 5) is 25.2. The smallest absolute Gasteiger partial charge is 0.203 e. The third-order valence-electron chi connectivity index (χ3n) is 5.46. The Kier molecular flexibility index (Phi) is 5.24. The van der Waals surface area contributed by atoms with E-state index in [-0.39, 0.29) is 11.2 Å². The highest BCUT2D eigenvalue weighted by Gasteiger charge is 2.42. The molecule has 1 heterocycles. The fraction of sp³-hybridized carbons (Fsp3) is 0.455. The summed E-state index contributed by atoms with van der Waals surface area (Å²) in [5.41, 5.74) is 3.37. The Labute approximate surface area is 165 Å². The number of allylic oxidation sites excluding steroid dienone is 4. The van der Waals surface area contributed by atoms with Crippen LogP contribution in [0.2, 0.25) is 0 Å². The number of aldehydes is 1. The van der Waals surface area contributed by atoms with Gasteiger partial charge in [0.15, 0.2) is 17.3 Å². The van der Waals surface area contributed by atoms with Crippen molar-refractivity contribution in [2.45, 2.75) is 39.5 Å². The molecule has 0 saturated heterocycles. The van der Waals surface area contributed by atoms with Gasteiger partial charge in [0.2, 0.25) is 5.75 Å². The van der Waals surface area contributed by atoms with Crippen LogP contribution < -0.4 is 19.5 Å². The molecule has 0 aromatic heterocycles.